The maximum absolute atomic E-state index is 11.2. The number of hydrogen-bond acceptors (Lipinski definition) is 5. The Bertz CT molecular complexity index is 541. The lowest BCUT2D eigenvalue weighted by Crippen LogP contribution is -2.29. The van der Waals surface area contributed by atoms with E-state index in [4.69, 9.17) is 21.9 Å². The van der Waals surface area contributed by atoms with Gasteiger partial charge in [-0.25, -0.2) is 10.8 Å². The highest BCUT2D eigenvalue weighted by atomic mass is 35.5. The SMILES string of the molecule is NNC(=O)c1ccc(CSc2ccc(Cl)cn2)o1. The fourth-order valence-corrected chi connectivity index (χ4v) is 2.09. The standard InChI is InChI=1S/C11H10ClN3O2S/c12-7-1-4-10(14-5-7)18-6-8-2-3-9(17-8)11(16)15-13/h1-5H,6,13H2,(H,15,16). The van der Waals surface area contributed by atoms with E-state index in [-0.39, 0.29) is 5.76 Å². The van der Waals surface area contributed by atoms with Crippen LogP contribution in [0, 0.1) is 0 Å². The first-order valence-corrected chi connectivity index (χ1v) is 6.39. The average molecular weight is 284 g/mol. The summed E-state index contributed by atoms with van der Waals surface area (Å²) in [5, 5.41) is 1.43. The first-order valence-electron chi connectivity index (χ1n) is 5.03. The molecule has 0 fully saturated rings. The minimum atomic E-state index is -0.448. The number of furan rings is 1. The zero-order valence-electron chi connectivity index (χ0n) is 9.22. The van der Waals surface area contributed by atoms with Crippen molar-refractivity contribution < 1.29 is 9.21 Å². The van der Waals surface area contributed by atoms with Crippen LogP contribution in [0.15, 0.2) is 39.9 Å². The molecule has 3 N–H and O–H groups in total. The molecule has 18 heavy (non-hydrogen) atoms. The second kappa shape index (κ2) is 5.90. The van der Waals surface area contributed by atoms with Crippen LogP contribution < -0.4 is 11.3 Å². The summed E-state index contributed by atoms with van der Waals surface area (Å²) in [7, 11) is 0. The number of rotatable bonds is 4. The number of nitrogens with two attached hydrogens (primary N) is 1. The molecule has 7 heteroatoms. The molecule has 5 nitrogen and oxygen atoms in total. The lowest BCUT2D eigenvalue weighted by atomic mass is 10.4. The summed E-state index contributed by atoms with van der Waals surface area (Å²) in [5.74, 6) is 6.00. The fraction of sp³-hybridized carbons (Fsp3) is 0.0909. The van der Waals surface area contributed by atoms with Crippen LogP contribution in [0.1, 0.15) is 16.3 Å². The van der Waals surface area contributed by atoms with Gasteiger partial charge in [0.15, 0.2) is 5.76 Å². The van der Waals surface area contributed by atoms with Crippen LogP contribution in [0.5, 0.6) is 0 Å². The molecule has 1 amide bonds. The molecule has 0 aliphatic carbocycles. The largest absolute Gasteiger partial charge is 0.455 e. The second-order valence-corrected chi connectivity index (χ2v) is 4.77. The minimum Gasteiger partial charge on any atom is -0.455 e. The molecule has 2 aromatic rings. The predicted octanol–water partition coefficient (Wildman–Crippen LogP) is 2.22. The lowest BCUT2D eigenvalue weighted by molar-refractivity contribution is 0.0924. The molecule has 0 unspecified atom stereocenters. The predicted molar refractivity (Wildman–Crippen MR) is 69.2 cm³/mol. The number of hydrazine groups is 1. The Hall–Kier alpha value is -1.50. The van der Waals surface area contributed by atoms with E-state index < -0.39 is 5.91 Å². The van der Waals surface area contributed by atoms with E-state index in [2.05, 4.69) is 4.98 Å². The number of carbonyl (C=O) groups excluding carboxylic acids is 1. The Morgan fingerprint density at radius 3 is 2.94 bits per heavy atom. The van der Waals surface area contributed by atoms with Crippen molar-refractivity contribution in [3.63, 3.8) is 0 Å². The van der Waals surface area contributed by atoms with Gasteiger partial charge in [0.2, 0.25) is 0 Å². The number of carbonyl (C=O) groups is 1. The number of nitrogen functional groups attached to an aromatic ring is 1. The van der Waals surface area contributed by atoms with Gasteiger partial charge < -0.3 is 4.42 Å². The number of pyridine rings is 1. The van der Waals surface area contributed by atoms with Crippen LogP contribution in [0.3, 0.4) is 0 Å². The zero-order valence-corrected chi connectivity index (χ0v) is 10.8. The van der Waals surface area contributed by atoms with Gasteiger partial charge in [-0.05, 0) is 24.3 Å². The minimum absolute atomic E-state index is 0.192. The Morgan fingerprint density at radius 2 is 2.28 bits per heavy atom. The van der Waals surface area contributed by atoms with Crippen molar-refractivity contribution in [3.05, 3.63) is 47.0 Å². The third-order valence-electron chi connectivity index (χ3n) is 2.08. The summed E-state index contributed by atoms with van der Waals surface area (Å²) in [5.41, 5.74) is 2.01. The van der Waals surface area contributed by atoms with E-state index in [0.29, 0.717) is 16.5 Å². The summed E-state index contributed by atoms with van der Waals surface area (Å²) in [6.07, 6.45) is 1.58. The molecular weight excluding hydrogens is 274 g/mol. The van der Waals surface area contributed by atoms with E-state index in [9.17, 15) is 4.79 Å². The summed E-state index contributed by atoms with van der Waals surface area (Å²) in [6.45, 7) is 0. The number of nitrogens with zero attached hydrogens (tertiary/aromatic N) is 1. The van der Waals surface area contributed by atoms with Crippen molar-refractivity contribution in [2.45, 2.75) is 10.8 Å². The van der Waals surface area contributed by atoms with Crippen molar-refractivity contribution >= 4 is 29.3 Å². The van der Waals surface area contributed by atoms with Gasteiger partial charge in [-0.15, -0.1) is 0 Å². The molecule has 0 bridgehead atoms. The Labute approximate surface area is 113 Å². The monoisotopic (exact) mass is 283 g/mol. The highest BCUT2D eigenvalue weighted by molar-refractivity contribution is 7.98. The van der Waals surface area contributed by atoms with Gasteiger partial charge in [0, 0.05) is 6.20 Å². The summed E-state index contributed by atoms with van der Waals surface area (Å²) < 4.78 is 5.32. The van der Waals surface area contributed by atoms with Crippen molar-refractivity contribution in [1.82, 2.24) is 10.4 Å². The van der Waals surface area contributed by atoms with E-state index >= 15 is 0 Å². The van der Waals surface area contributed by atoms with Gasteiger partial charge in [0.1, 0.15) is 5.76 Å². The molecule has 2 heterocycles. The summed E-state index contributed by atoms with van der Waals surface area (Å²) in [6, 6.07) is 6.90. The number of nitrogens with one attached hydrogen (secondary N) is 1. The van der Waals surface area contributed by atoms with Crippen LogP contribution in [-0.2, 0) is 5.75 Å². The van der Waals surface area contributed by atoms with Gasteiger partial charge in [-0.1, -0.05) is 23.4 Å². The molecule has 0 saturated carbocycles. The van der Waals surface area contributed by atoms with Gasteiger partial charge in [-0.2, -0.15) is 0 Å². The summed E-state index contributed by atoms with van der Waals surface area (Å²) in [4.78, 5) is 15.3. The van der Waals surface area contributed by atoms with Crippen LogP contribution in [0.25, 0.3) is 0 Å². The van der Waals surface area contributed by atoms with Crippen LogP contribution in [0.4, 0.5) is 0 Å². The Balaban J connectivity index is 1.96. The fourth-order valence-electron chi connectivity index (χ4n) is 1.24. The molecule has 2 aromatic heterocycles. The van der Waals surface area contributed by atoms with Crippen LogP contribution in [0.2, 0.25) is 5.02 Å². The van der Waals surface area contributed by atoms with E-state index in [1.165, 1.54) is 11.8 Å². The number of hydrogen-bond donors (Lipinski definition) is 2. The molecule has 94 valence electrons. The smallest absolute Gasteiger partial charge is 0.300 e. The topological polar surface area (TPSA) is 81.1 Å². The summed E-state index contributed by atoms with van der Waals surface area (Å²) >= 11 is 7.22. The quantitative estimate of drug-likeness (QED) is 0.389. The normalized spacial score (nSPS) is 10.3. The van der Waals surface area contributed by atoms with Crippen molar-refractivity contribution in [2.75, 3.05) is 0 Å². The maximum atomic E-state index is 11.2. The molecule has 0 saturated heterocycles. The van der Waals surface area contributed by atoms with Gasteiger partial charge in [-0.3, -0.25) is 10.2 Å². The molecule has 0 atom stereocenters. The first-order chi connectivity index (χ1) is 8.69. The number of thioether (sulfide) groups is 1. The molecule has 2 rings (SSSR count). The number of halogens is 1. The van der Waals surface area contributed by atoms with E-state index in [0.717, 1.165) is 5.03 Å². The lowest BCUT2D eigenvalue weighted by Gasteiger charge is -1.98. The van der Waals surface area contributed by atoms with Crippen LogP contribution in [-0.4, -0.2) is 10.9 Å². The first kappa shape index (κ1) is 12.9. The van der Waals surface area contributed by atoms with Crippen LogP contribution >= 0.6 is 23.4 Å². The third kappa shape index (κ3) is 3.25. The highest BCUT2D eigenvalue weighted by Gasteiger charge is 2.09. The molecule has 0 aliphatic heterocycles. The van der Waals surface area contributed by atoms with Gasteiger partial charge in [0.05, 0.1) is 15.8 Å². The molecule has 0 spiro atoms. The number of amides is 1. The molecule has 0 aromatic carbocycles. The van der Waals surface area contributed by atoms with Crippen molar-refractivity contribution in [3.8, 4) is 0 Å². The van der Waals surface area contributed by atoms with E-state index in [1.807, 2.05) is 11.5 Å². The Kier molecular flexibility index (Phi) is 4.24. The maximum Gasteiger partial charge on any atom is 0.300 e. The van der Waals surface area contributed by atoms with Gasteiger partial charge in [0.25, 0.3) is 0 Å². The van der Waals surface area contributed by atoms with Crippen molar-refractivity contribution in [2.24, 2.45) is 5.84 Å². The second-order valence-electron chi connectivity index (χ2n) is 3.34. The van der Waals surface area contributed by atoms with E-state index in [1.54, 1.807) is 24.4 Å². The Morgan fingerprint density at radius 1 is 1.44 bits per heavy atom. The van der Waals surface area contributed by atoms with Gasteiger partial charge >= 0.3 is 5.91 Å². The average Bonchev–Trinajstić information content (AvgIpc) is 2.86. The third-order valence-corrected chi connectivity index (χ3v) is 3.27. The van der Waals surface area contributed by atoms with Crippen molar-refractivity contribution in [1.29, 1.82) is 0 Å². The zero-order chi connectivity index (χ0) is 13.0. The molecular formula is C11H10ClN3O2S. The highest BCUT2D eigenvalue weighted by Crippen LogP contribution is 2.22. The molecule has 0 radical (unpaired) electrons. The number of aromatic nitrogens is 1. The molecule has 0 aliphatic rings.